The van der Waals surface area contributed by atoms with Crippen LogP contribution in [0.3, 0.4) is 0 Å². The van der Waals surface area contributed by atoms with Crippen molar-refractivity contribution in [3.8, 4) is 0 Å². The number of hydrogen-bond donors (Lipinski definition) is 1. The van der Waals surface area contributed by atoms with Gasteiger partial charge in [0.25, 0.3) is 5.91 Å². The lowest BCUT2D eigenvalue weighted by atomic mass is 9.99. The molecule has 1 aromatic carbocycles. The van der Waals surface area contributed by atoms with E-state index in [4.69, 9.17) is 0 Å². The maximum Gasteiger partial charge on any atom is 0.271 e. The van der Waals surface area contributed by atoms with Crippen LogP contribution in [0.4, 0.5) is 0 Å². The molecule has 1 fully saturated rings. The summed E-state index contributed by atoms with van der Waals surface area (Å²) >= 11 is 1.53. The van der Waals surface area contributed by atoms with Gasteiger partial charge in [-0.15, -0.1) is 11.3 Å². The van der Waals surface area contributed by atoms with Gasteiger partial charge >= 0.3 is 0 Å². The standard InChI is InChI=1S/C18H20N4OS/c23-17(16-13-22-10-11-24-18(22)20-16)19-7-9-21-8-6-15(12-21)14-4-2-1-3-5-14/h1-5,10-11,13,15H,6-9,12H2,(H,19,23)/t15-/m1/s1. The van der Waals surface area contributed by atoms with Gasteiger partial charge in [0.1, 0.15) is 5.69 Å². The fourth-order valence-corrected chi connectivity index (χ4v) is 3.99. The van der Waals surface area contributed by atoms with E-state index >= 15 is 0 Å². The molecule has 4 rings (SSSR count). The summed E-state index contributed by atoms with van der Waals surface area (Å²) < 4.78 is 1.88. The molecule has 0 aliphatic carbocycles. The van der Waals surface area contributed by atoms with Crippen molar-refractivity contribution in [1.29, 1.82) is 0 Å². The molecular weight excluding hydrogens is 320 g/mol. The van der Waals surface area contributed by atoms with Gasteiger partial charge in [0.15, 0.2) is 4.96 Å². The number of fused-ring (bicyclic) bond motifs is 1. The molecule has 2 aromatic heterocycles. The van der Waals surface area contributed by atoms with Crippen molar-refractivity contribution in [3.63, 3.8) is 0 Å². The highest BCUT2D eigenvalue weighted by Gasteiger charge is 2.23. The lowest BCUT2D eigenvalue weighted by Crippen LogP contribution is -2.34. The number of likely N-dealkylation sites (tertiary alicyclic amines) is 1. The number of thiazole rings is 1. The molecule has 124 valence electrons. The van der Waals surface area contributed by atoms with Gasteiger partial charge in [-0.05, 0) is 24.4 Å². The molecule has 3 heterocycles. The van der Waals surface area contributed by atoms with Gasteiger partial charge in [-0.2, -0.15) is 0 Å². The Hall–Kier alpha value is -2.18. The normalized spacial score (nSPS) is 18.2. The van der Waals surface area contributed by atoms with E-state index in [1.807, 2.05) is 16.0 Å². The molecule has 0 unspecified atom stereocenters. The fraction of sp³-hybridized carbons (Fsp3) is 0.333. The molecule has 1 aliphatic heterocycles. The first-order valence-electron chi connectivity index (χ1n) is 8.27. The van der Waals surface area contributed by atoms with Crippen molar-refractivity contribution in [1.82, 2.24) is 19.6 Å². The second kappa shape index (κ2) is 6.75. The van der Waals surface area contributed by atoms with Crippen LogP contribution >= 0.6 is 11.3 Å². The van der Waals surface area contributed by atoms with E-state index in [0.717, 1.165) is 24.6 Å². The first kappa shape index (κ1) is 15.4. The molecule has 0 bridgehead atoms. The van der Waals surface area contributed by atoms with E-state index in [1.54, 1.807) is 6.20 Å². The molecule has 5 nitrogen and oxygen atoms in total. The average Bonchev–Trinajstić information content (AvgIpc) is 3.31. The first-order chi connectivity index (χ1) is 11.8. The molecular formula is C18H20N4OS. The van der Waals surface area contributed by atoms with Crippen molar-refractivity contribution in [2.45, 2.75) is 12.3 Å². The summed E-state index contributed by atoms with van der Waals surface area (Å²) in [7, 11) is 0. The number of hydrogen-bond acceptors (Lipinski definition) is 4. The maximum absolute atomic E-state index is 12.2. The zero-order valence-electron chi connectivity index (χ0n) is 13.4. The fourth-order valence-electron chi connectivity index (χ4n) is 3.29. The van der Waals surface area contributed by atoms with Crippen LogP contribution in [-0.2, 0) is 0 Å². The zero-order chi connectivity index (χ0) is 16.4. The van der Waals surface area contributed by atoms with Crippen LogP contribution in [0.5, 0.6) is 0 Å². The van der Waals surface area contributed by atoms with Crippen LogP contribution in [0, 0.1) is 0 Å². The number of nitrogens with one attached hydrogen (secondary N) is 1. The highest BCUT2D eigenvalue weighted by atomic mass is 32.1. The predicted octanol–water partition coefficient (Wildman–Crippen LogP) is 2.62. The summed E-state index contributed by atoms with van der Waals surface area (Å²) in [5.41, 5.74) is 1.91. The molecule has 1 N–H and O–H groups in total. The molecule has 6 heteroatoms. The summed E-state index contributed by atoms with van der Waals surface area (Å²) in [6, 6.07) is 10.7. The summed E-state index contributed by atoms with van der Waals surface area (Å²) in [5, 5.41) is 4.94. The molecule has 1 saturated heterocycles. The van der Waals surface area contributed by atoms with E-state index < -0.39 is 0 Å². The average molecular weight is 340 g/mol. The smallest absolute Gasteiger partial charge is 0.271 e. The van der Waals surface area contributed by atoms with Gasteiger partial charge in [0.05, 0.1) is 0 Å². The minimum Gasteiger partial charge on any atom is -0.349 e. The van der Waals surface area contributed by atoms with Crippen LogP contribution in [0.1, 0.15) is 28.4 Å². The SMILES string of the molecule is O=C(NCCN1CC[C@@H](c2ccccc2)C1)c1cn2ccsc2n1. The zero-order valence-corrected chi connectivity index (χ0v) is 14.2. The molecule has 3 aromatic rings. The lowest BCUT2D eigenvalue weighted by molar-refractivity contribution is 0.0945. The van der Waals surface area contributed by atoms with Crippen molar-refractivity contribution in [2.24, 2.45) is 0 Å². The first-order valence-corrected chi connectivity index (χ1v) is 9.15. The van der Waals surface area contributed by atoms with Gasteiger partial charge in [-0.3, -0.25) is 9.20 Å². The summed E-state index contributed by atoms with van der Waals surface area (Å²) in [6.45, 7) is 3.71. The number of carbonyl (C=O) groups is 1. The topological polar surface area (TPSA) is 49.6 Å². The summed E-state index contributed by atoms with van der Waals surface area (Å²) in [5.74, 6) is 0.520. The summed E-state index contributed by atoms with van der Waals surface area (Å²) in [6.07, 6.45) is 4.88. The van der Waals surface area contributed by atoms with Gasteiger partial charge < -0.3 is 10.2 Å². The molecule has 0 spiro atoms. The molecule has 1 aliphatic rings. The minimum atomic E-state index is -0.0929. The van der Waals surface area contributed by atoms with Crippen LogP contribution in [0.25, 0.3) is 4.96 Å². The third-order valence-electron chi connectivity index (χ3n) is 4.58. The second-order valence-corrected chi connectivity index (χ2v) is 7.04. The highest BCUT2D eigenvalue weighted by Crippen LogP contribution is 2.26. The van der Waals surface area contributed by atoms with Gasteiger partial charge in [-0.1, -0.05) is 30.3 Å². The Bertz CT molecular complexity index is 797. The molecule has 1 atom stereocenters. The lowest BCUT2D eigenvalue weighted by Gasteiger charge is -2.16. The Balaban J connectivity index is 1.26. The number of rotatable bonds is 5. The largest absolute Gasteiger partial charge is 0.349 e. The third-order valence-corrected chi connectivity index (χ3v) is 5.35. The Morgan fingerprint density at radius 3 is 3.04 bits per heavy atom. The Kier molecular flexibility index (Phi) is 4.32. The third kappa shape index (κ3) is 3.20. The Morgan fingerprint density at radius 2 is 2.21 bits per heavy atom. The molecule has 0 saturated carbocycles. The Morgan fingerprint density at radius 1 is 1.33 bits per heavy atom. The second-order valence-electron chi connectivity index (χ2n) is 6.17. The van der Waals surface area contributed by atoms with Crippen LogP contribution in [0.15, 0.2) is 48.1 Å². The van der Waals surface area contributed by atoms with E-state index in [-0.39, 0.29) is 5.91 Å². The quantitative estimate of drug-likeness (QED) is 0.777. The van der Waals surface area contributed by atoms with E-state index in [9.17, 15) is 4.79 Å². The summed E-state index contributed by atoms with van der Waals surface area (Å²) in [4.78, 5) is 19.8. The number of aromatic nitrogens is 2. The van der Waals surface area contributed by atoms with Crippen LogP contribution in [-0.4, -0.2) is 46.4 Å². The maximum atomic E-state index is 12.2. The number of amides is 1. The van der Waals surface area contributed by atoms with Crippen molar-refractivity contribution < 1.29 is 4.79 Å². The molecule has 1 amide bonds. The molecule has 0 radical (unpaired) electrons. The van der Waals surface area contributed by atoms with E-state index in [1.165, 1.54) is 23.3 Å². The van der Waals surface area contributed by atoms with Crippen molar-refractivity contribution in [2.75, 3.05) is 26.2 Å². The van der Waals surface area contributed by atoms with Crippen LogP contribution < -0.4 is 5.32 Å². The van der Waals surface area contributed by atoms with Gasteiger partial charge in [-0.25, -0.2) is 4.98 Å². The van der Waals surface area contributed by atoms with E-state index in [2.05, 4.69) is 45.5 Å². The van der Waals surface area contributed by atoms with Crippen LogP contribution in [0.2, 0.25) is 0 Å². The van der Waals surface area contributed by atoms with Crippen molar-refractivity contribution >= 4 is 22.2 Å². The van der Waals surface area contributed by atoms with Gasteiger partial charge in [0.2, 0.25) is 0 Å². The van der Waals surface area contributed by atoms with Gasteiger partial charge in [0, 0.05) is 37.4 Å². The number of carbonyl (C=O) groups excluding carboxylic acids is 1. The van der Waals surface area contributed by atoms with Crippen molar-refractivity contribution in [3.05, 3.63) is 59.4 Å². The minimum absolute atomic E-state index is 0.0929. The molecule has 24 heavy (non-hydrogen) atoms. The number of nitrogens with zero attached hydrogens (tertiary/aromatic N) is 3. The number of imidazole rings is 1. The highest BCUT2D eigenvalue weighted by molar-refractivity contribution is 7.15. The predicted molar refractivity (Wildman–Crippen MR) is 95.6 cm³/mol. The Labute approximate surface area is 144 Å². The number of benzene rings is 1. The van der Waals surface area contributed by atoms with E-state index in [0.29, 0.717) is 18.2 Å². The monoisotopic (exact) mass is 340 g/mol.